The van der Waals surface area contributed by atoms with Gasteiger partial charge in [0.2, 0.25) is 5.56 Å². The molecule has 0 fully saturated rings. The zero-order valence-electron chi connectivity index (χ0n) is 17.9. The Morgan fingerprint density at radius 2 is 1.73 bits per heavy atom. The number of alkyl carbamates (subject to hydrolysis) is 1. The van der Waals surface area contributed by atoms with Crippen LogP contribution >= 0.6 is 0 Å². The number of carboxylic acids is 1. The highest BCUT2D eigenvalue weighted by Crippen LogP contribution is 2.15. The summed E-state index contributed by atoms with van der Waals surface area (Å²) in [4.78, 5) is 50.6. The van der Waals surface area contributed by atoms with Crippen LogP contribution in [0.1, 0.15) is 35.2 Å². The van der Waals surface area contributed by atoms with Crippen molar-refractivity contribution in [1.82, 2.24) is 15.6 Å². The SMILES string of the molecule is O=C(NCCCC[C@H](NC(=O)c1cc(=O)[nH]c2ccccc12)C(=O)O)OCc1ccccc1. The molecule has 33 heavy (non-hydrogen) atoms. The molecule has 1 heterocycles. The molecule has 3 aromatic rings. The van der Waals surface area contributed by atoms with E-state index in [0.29, 0.717) is 30.3 Å². The minimum Gasteiger partial charge on any atom is -0.480 e. The molecular weight excluding hydrogens is 426 g/mol. The Morgan fingerprint density at radius 1 is 1.00 bits per heavy atom. The maximum Gasteiger partial charge on any atom is 0.407 e. The molecular formula is C24H25N3O6. The molecule has 1 aromatic heterocycles. The minimum absolute atomic E-state index is 0.114. The van der Waals surface area contributed by atoms with Crippen molar-refractivity contribution in [1.29, 1.82) is 0 Å². The molecule has 3 rings (SSSR count). The number of hydrogen-bond donors (Lipinski definition) is 4. The molecule has 2 amide bonds. The Kier molecular flexibility index (Phi) is 8.18. The van der Waals surface area contributed by atoms with Crippen molar-refractivity contribution in [3.8, 4) is 0 Å². The Labute approximate surface area is 189 Å². The average molecular weight is 451 g/mol. The van der Waals surface area contributed by atoms with Crippen molar-refractivity contribution in [3.63, 3.8) is 0 Å². The van der Waals surface area contributed by atoms with Gasteiger partial charge in [0.25, 0.3) is 5.91 Å². The number of benzene rings is 2. The second kappa shape index (κ2) is 11.5. The number of ether oxygens (including phenoxy) is 1. The van der Waals surface area contributed by atoms with Crippen LogP contribution in [-0.4, -0.2) is 40.6 Å². The minimum atomic E-state index is -1.17. The van der Waals surface area contributed by atoms with Crippen molar-refractivity contribution in [2.75, 3.05) is 6.54 Å². The first-order valence-electron chi connectivity index (χ1n) is 10.5. The van der Waals surface area contributed by atoms with Gasteiger partial charge in [-0.3, -0.25) is 9.59 Å². The third-order valence-corrected chi connectivity index (χ3v) is 5.00. The van der Waals surface area contributed by atoms with E-state index < -0.39 is 29.6 Å². The molecule has 4 N–H and O–H groups in total. The number of unbranched alkanes of at least 4 members (excludes halogenated alkanes) is 1. The van der Waals surface area contributed by atoms with Crippen LogP contribution in [0.2, 0.25) is 0 Å². The number of hydrogen-bond acceptors (Lipinski definition) is 5. The summed E-state index contributed by atoms with van der Waals surface area (Å²) < 4.78 is 5.11. The summed E-state index contributed by atoms with van der Waals surface area (Å²) in [6.07, 6.45) is 0.576. The maximum absolute atomic E-state index is 12.7. The van der Waals surface area contributed by atoms with Gasteiger partial charge in [0.15, 0.2) is 0 Å². The van der Waals surface area contributed by atoms with E-state index >= 15 is 0 Å². The molecule has 9 heteroatoms. The standard InChI is InChI=1S/C24H25N3O6/c28-21-14-18(17-10-4-5-11-19(17)26-21)22(29)27-20(23(30)31)12-6-7-13-25-24(32)33-15-16-8-2-1-3-9-16/h1-5,8-11,14,20H,6-7,12-13,15H2,(H,25,32)(H,26,28)(H,27,29)(H,30,31)/t20-/m0/s1. The van der Waals surface area contributed by atoms with E-state index in [0.717, 1.165) is 11.6 Å². The predicted octanol–water partition coefficient (Wildman–Crippen LogP) is 2.81. The molecule has 0 radical (unpaired) electrons. The molecule has 0 aliphatic heterocycles. The van der Waals surface area contributed by atoms with Crippen molar-refractivity contribution in [3.05, 3.63) is 82.1 Å². The number of aliphatic carboxylic acids is 1. The van der Waals surface area contributed by atoms with Gasteiger partial charge in [-0.25, -0.2) is 9.59 Å². The largest absolute Gasteiger partial charge is 0.480 e. The van der Waals surface area contributed by atoms with Crippen LogP contribution in [0.5, 0.6) is 0 Å². The lowest BCUT2D eigenvalue weighted by molar-refractivity contribution is -0.139. The zero-order chi connectivity index (χ0) is 23.6. The third kappa shape index (κ3) is 6.93. The Balaban J connectivity index is 1.46. The van der Waals surface area contributed by atoms with Crippen molar-refractivity contribution < 1.29 is 24.2 Å². The highest BCUT2D eigenvalue weighted by atomic mass is 16.5. The van der Waals surface area contributed by atoms with Crippen LogP contribution in [0.25, 0.3) is 10.9 Å². The predicted molar refractivity (Wildman–Crippen MR) is 122 cm³/mol. The average Bonchev–Trinajstić information content (AvgIpc) is 2.81. The Bertz CT molecular complexity index is 1180. The lowest BCUT2D eigenvalue weighted by atomic mass is 10.1. The summed E-state index contributed by atoms with van der Waals surface area (Å²) >= 11 is 0. The molecule has 0 saturated carbocycles. The summed E-state index contributed by atoms with van der Waals surface area (Å²) in [6, 6.07) is 16.1. The van der Waals surface area contributed by atoms with E-state index in [1.165, 1.54) is 0 Å². The molecule has 2 aromatic carbocycles. The fourth-order valence-electron chi connectivity index (χ4n) is 3.32. The van der Waals surface area contributed by atoms with Crippen LogP contribution in [0, 0.1) is 0 Å². The summed E-state index contributed by atoms with van der Waals surface area (Å²) in [5.41, 5.74) is 1.03. The lowest BCUT2D eigenvalue weighted by Gasteiger charge is -2.15. The normalized spacial score (nSPS) is 11.5. The molecule has 172 valence electrons. The van der Waals surface area contributed by atoms with E-state index in [4.69, 9.17) is 4.74 Å². The highest BCUT2D eigenvalue weighted by molar-refractivity contribution is 6.06. The summed E-state index contributed by atoms with van der Waals surface area (Å²) in [5.74, 6) is -1.81. The van der Waals surface area contributed by atoms with Crippen LogP contribution in [0.3, 0.4) is 0 Å². The Hall–Kier alpha value is -4.14. The lowest BCUT2D eigenvalue weighted by Crippen LogP contribution is -2.41. The van der Waals surface area contributed by atoms with Gasteiger partial charge in [-0.2, -0.15) is 0 Å². The van der Waals surface area contributed by atoms with E-state index in [1.54, 1.807) is 24.3 Å². The third-order valence-electron chi connectivity index (χ3n) is 5.00. The Morgan fingerprint density at radius 3 is 2.48 bits per heavy atom. The number of aromatic nitrogens is 1. The van der Waals surface area contributed by atoms with Crippen molar-refractivity contribution >= 4 is 28.9 Å². The van der Waals surface area contributed by atoms with Crippen molar-refractivity contribution in [2.45, 2.75) is 31.9 Å². The molecule has 9 nitrogen and oxygen atoms in total. The number of carbonyl (C=O) groups excluding carboxylic acids is 2. The fraction of sp³-hybridized carbons (Fsp3) is 0.250. The number of para-hydroxylation sites is 1. The zero-order valence-corrected chi connectivity index (χ0v) is 17.9. The number of H-pyrrole nitrogens is 1. The first-order chi connectivity index (χ1) is 15.9. The second-order valence-electron chi connectivity index (χ2n) is 7.44. The quantitative estimate of drug-likeness (QED) is 0.350. The van der Waals surface area contributed by atoms with Gasteiger partial charge in [0, 0.05) is 23.5 Å². The first-order valence-corrected chi connectivity index (χ1v) is 10.5. The topological polar surface area (TPSA) is 138 Å². The number of fused-ring (bicyclic) bond motifs is 1. The number of pyridine rings is 1. The van der Waals surface area contributed by atoms with Gasteiger partial charge >= 0.3 is 12.1 Å². The molecule has 0 unspecified atom stereocenters. The van der Waals surface area contributed by atoms with Crippen LogP contribution in [-0.2, 0) is 16.1 Å². The van der Waals surface area contributed by atoms with E-state index in [1.807, 2.05) is 30.3 Å². The molecule has 0 bridgehead atoms. The number of amides is 2. The molecule has 0 aliphatic rings. The number of carboxylic acid groups (broad SMARTS) is 1. The highest BCUT2D eigenvalue weighted by Gasteiger charge is 2.21. The smallest absolute Gasteiger partial charge is 0.407 e. The summed E-state index contributed by atoms with van der Waals surface area (Å²) in [6.45, 7) is 0.476. The number of aromatic amines is 1. The van der Waals surface area contributed by atoms with Crippen LogP contribution in [0.15, 0.2) is 65.5 Å². The number of nitrogens with one attached hydrogen (secondary N) is 3. The van der Waals surface area contributed by atoms with E-state index in [2.05, 4.69) is 15.6 Å². The van der Waals surface area contributed by atoms with Gasteiger partial charge in [-0.1, -0.05) is 48.5 Å². The van der Waals surface area contributed by atoms with Gasteiger partial charge in [-0.15, -0.1) is 0 Å². The molecule has 1 atom stereocenters. The maximum atomic E-state index is 12.7. The number of rotatable bonds is 10. The first kappa shape index (κ1) is 23.5. The second-order valence-corrected chi connectivity index (χ2v) is 7.44. The molecule has 0 saturated heterocycles. The van der Waals surface area contributed by atoms with Crippen LogP contribution < -0.4 is 16.2 Å². The van der Waals surface area contributed by atoms with Gasteiger partial charge in [0.1, 0.15) is 12.6 Å². The fourth-order valence-corrected chi connectivity index (χ4v) is 3.32. The van der Waals surface area contributed by atoms with Gasteiger partial charge < -0.3 is 25.5 Å². The molecule has 0 spiro atoms. The van der Waals surface area contributed by atoms with E-state index in [-0.39, 0.29) is 18.6 Å². The monoisotopic (exact) mass is 451 g/mol. The van der Waals surface area contributed by atoms with Gasteiger partial charge in [0.05, 0.1) is 5.56 Å². The summed E-state index contributed by atoms with van der Waals surface area (Å²) in [7, 11) is 0. The van der Waals surface area contributed by atoms with Crippen LogP contribution in [0.4, 0.5) is 4.79 Å². The number of carbonyl (C=O) groups is 3. The van der Waals surface area contributed by atoms with E-state index in [9.17, 15) is 24.3 Å². The van der Waals surface area contributed by atoms with Gasteiger partial charge in [-0.05, 0) is 30.9 Å². The van der Waals surface area contributed by atoms with Crippen molar-refractivity contribution in [2.24, 2.45) is 0 Å². The molecule has 0 aliphatic carbocycles. The summed E-state index contributed by atoms with van der Waals surface area (Å²) in [5, 5.41) is 15.1.